The van der Waals surface area contributed by atoms with Gasteiger partial charge in [-0.2, -0.15) is 0 Å². The van der Waals surface area contributed by atoms with Crippen LogP contribution in [0.5, 0.6) is 0 Å². The van der Waals surface area contributed by atoms with Crippen LogP contribution in [-0.2, 0) is 19.1 Å². The summed E-state index contributed by atoms with van der Waals surface area (Å²) >= 11 is 0. The van der Waals surface area contributed by atoms with Crippen LogP contribution in [0.4, 0.5) is 28.9 Å². The van der Waals surface area contributed by atoms with Crippen LogP contribution in [0.25, 0.3) is 0 Å². The monoisotopic (exact) mass is 842 g/mol. The van der Waals surface area contributed by atoms with Crippen molar-refractivity contribution in [2.75, 3.05) is 11.1 Å². The third kappa shape index (κ3) is 15.5. The molecule has 2 saturated carbocycles. The number of aromatic carboxylic acids is 1. The fraction of sp³-hybridized carbons (Fsp3) is 0.316. The molecule has 4 aromatic carbocycles. The molecule has 7 N–H and O–H groups in total. The Morgan fingerprint density at radius 2 is 1.12 bits per heavy atom. The zero-order valence-corrected chi connectivity index (χ0v) is 32.5. The Morgan fingerprint density at radius 1 is 0.661 bits per heavy atom. The van der Waals surface area contributed by atoms with Crippen LogP contribution in [0.1, 0.15) is 84.9 Å². The summed E-state index contributed by atoms with van der Waals surface area (Å²) in [4.78, 5) is 22.1. The minimum Gasteiger partial charge on any atom is -0.478 e. The Balaban J connectivity index is 0.000000238. The van der Waals surface area contributed by atoms with Crippen molar-refractivity contribution in [1.82, 2.24) is 4.72 Å². The first-order valence-corrected chi connectivity index (χ1v) is 21.3. The maximum Gasteiger partial charge on any atom is 0.338 e. The highest BCUT2D eigenvalue weighted by Gasteiger charge is 2.24. The number of benzene rings is 4. The summed E-state index contributed by atoms with van der Waals surface area (Å²) in [5, 5.41) is 10.9. The Kier molecular flexibility index (Phi) is 17.7. The van der Waals surface area contributed by atoms with Crippen molar-refractivity contribution in [3.8, 4) is 0 Å². The van der Waals surface area contributed by atoms with Crippen LogP contribution in [-0.4, -0.2) is 45.9 Å². The van der Waals surface area contributed by atoms with Crippen LogP contribution in [0.15, 0.2) is 94.7 Å². The molecule has 0 bridgehead atoms. The van der Waals surface area contributed by atoms with Crippen LogP contribution in [0, 0.1) is 23.3 Å². The molecule has 0 saturated heterocycles. The van der Waals surface area contributed by atoms with Crippen molar-refractivity contribution in [1.29, 1.82) is 0 Å². The lowest BCUT2D eigenvalue weighted by atomic mass is 9.96. The highest BCUT2D eigenvalue weighted by molar-refractivity contribution is 8.13. The average molecular weight is 843 g/mol. The quantitative estimate of drug-likeness (QED) is 0.0696. The molecular formula is C38H43ClF4N4O7S2. The number of carboxylic acids is 1. The van der Waals surface area contributed by atoms with Crippen molar-refractivity contribution in [2.45, 2.75) is 86.1 Å². The molecule has 56 heavy (non-hydrogen) atoms. The number of sulfonamides is 1. The topological polar surface area (TPSA) is 199 Å². The first-order valence-electron chi connectivity index (χ1n) is 17.5. The number of carboxylic acid groups (broad SMARTS) is 1. The molecule has 0 unspecified atom stereocenters. The maximum atomic E-state index is 14.1. The van der Waals surface area contributed by atoms with Gasteiger partial charge in [0.25, 0.3) is 15.0 Å². The number of nitrogen functional groups attached to an aromatic ring is 1. The molecule has 18 heteroatoms. The van der Waals surface area contributed by atoms with Gasteiger partial charge in [-0.15, -0.1) is 0 Å². The molecule has 2 aliphatic carbocycles. The zero-order valence-electron chi connectivity index (χ0n) is 30.1. The number of nitrogens with one attached hydrogen (secondary N) is 2. The van der Waals surface area contributed by atoms with E-state index in [2.05, 4.69) is 10.0 Å². The van der Waals surface area contributed by atoms with Gasteiger partial charge in [0.15, 0.2) is 0 Å². The summed E-state index contributed by atoms with van der Waals surface area (Å²) in [7, 11) is -2.95. The van der Waals surface area contributed by atoms with Crippen molar-refractivity contribution in [3.05, 3.63) is 119 Å². The third-order valence-electron chi connectivity index (χ3n) is 8.49. The summed E-state index contributed by atoms with van der Waals surface area (Å²) in [6, 6.07) is 16.5. The van der Waals surface area contributed by atoms with Crippen molar-refractivity contribution < 1.29 is 49.1 Å². The second kappa shape index (κ2) is 21.7. The van der Waals surface area contributed by atoms with Gasteiger partial charge in [0.05, 0.1) is 20.9 Å². The van der Waals surface area contributed by atoms with E-state index in [4.69, 9.17) is 27.3 Å². The molecule has 0 aliphatic heterocycles. The van der Waals surface area contributed by atoms with E-state index >= 15 is 0 Å². The molecule has 0 aromatic heterocycles. The summed E-state index contributed by atoms with van der Waals surface area (Å²) in [6.45, 7) is 0. The molecule has 0 radical (unpaired) electrons. The van der Waals surface area contributed by atoms with Gasteiger partial charge in [0.2, 0.25) is 10.0 Å². The van der Waals surface area contributed by atoms with E-state index in [9.17, 15) is 44.0 Å². The Hall–Kier alpha value is -4.55. The molecule has 2 fully saturated rings. The molecular weight excluding hydrogens is 800 g/mol. The minimum absolute atomic E-state index is 0.148. The van der Waals surface area contributed by atoms with E-state index in [0.29, 0.717) is 17.8 Å². The molecule has 304 valence electrons. The summed E-state index contributed by atoms with van der Waals surface area (Å²) in [5.41, 5.74) is 10.6. The standard InChI is InChI=1S/C19H20F2N2O3S.C7H4ClFO4S.C6H6FN.C6H13N/c20-13-6-8-14(9-7-13)22-19(24)17-12-16(10-11-18(17)21)27(25,26)23-15-4-2-1-3-5-15;8-14(12,13)4-1-2-6(9)5(3-4)7(10)11;7-5-1-3-6(8)4-2-5;7-6-4-2-1-3-5-6/h6-12,15,23H,1-5H2,(H,22,24);1-3H,(H,10,11);1-4H,8H2;6H,1-5,7H2. The number of carbonyl (C=O) groups is 2. The molecule has 1 amide bonds. The first kappa shape index (κ1) is 45.8. The number of anilines is 2. The van der Waals surface area contributed by atoms with Gasteiger partial charge < -0.3 is 21.9 Å². The van der Waals surface area contributed by atoms with E-state index < -0.39 is 64.4 Å². The number of amides is 1. The summed E-state index contributed by atoms with van der Waals surface area (Å²) in [6.07, 6.45) is 11.2. The van der Waals surface area contributed by atoms with Crippen molar-refractivity contribution in [3.63, 3.8) is 0 Å². The van der Waals surface area contributed by atoms with E-state index in [1.807, 2.05) is 0 Å². The first-order chi connectivity index (χ1) is 26.4. The Morgan fingerprint density at radius 3 is 1.59 bits per heavy atom. The van der Waals surface area contributed by atoms with Crippen molar-refractivity contribution in [2.24, 2.45) is 5.73 Å². The SMILES string of the molecule is NC1CCCCC1.Nc1ccc(F)cc1.O=C(Nc1ccc(F)cc1)c1cc(S(=O)(=O)NC2CCCCC2)ccc1F.O=C(O)c1cc(S(=O)(=O)Cl)ccc1F. The van der Waals surface area contributed by atoms with Gasteiger partial charge in [0.1, 0.15) is 23.3 Å². The van der Waals surface area contributed by atoms with E-state index in [1.165, 1.54) is 68.5 Å². The van der Waals surface area contributed by atoms with Crippen LogP contribution < -0.4 is 21.5 Å². The number of nitrogens with two attached hydrogens (primary N) is 2. The van der Waals surface area contributed by atoms with Crippen molar-refractivity contribution >= 4 is 53.0 Å². The Labute approximate surface area is 327 Å². The maximum absolute atomic E-state index is 14.1. The fourth-order valence-electron chi connectivity index (χ4n) is 5.50. The molecule has 6 rings (SSSR count). The second-order valence-corrected chi connectivity index (χ2v) is 17.2. The highest BCUT2D eigenvalue weighted by atomic mass is 35.7. The lowest BCUT2D eigenvalue weighted by Gasteiger charge is -2.22. The van der Waals surface area contributed by atoms with Gasteiger partial charge in [-0.3, -0.25) is 4.79 Å². The van der Waals surface area contributed by atoms with Crippen LogP contribution in [0.3, 0.4) is 0 Å². The summed E-state index contributed by atoms with van der Waals surface area (Å²) in [5.74, 6) is -4.94. The highest BCUT2D eigenvalue weighted by Crippen LogP contribution is 2.22. The molecule has 0 spiro atoms. The molecule has 2 aliphatic rings. The summed E-state index contributed by atoms with van der Waals surface area (Å²) < 4.78 is 101. The molecule has 4 aromatic rings. The molecule has 0 atom stereocenters. The van der Waals surface area contributed by atoms with E-state index in [1.54, 1.807) is 0 Å². The van der Waals surface area contributed by atoms with Crippen LogP contribution >= 0.6 is 10.7 Å². The molecule has 0 heterocycles. The van der Waals surface area contributed by atoms with Gasteiger partial charge in [-0.1, -0.05) is 38.5 Å². The third-order valence-corrected chi connectivity index (χ3v) is 11.4. The lowest BCUT2D eigenvalue weighted by Crippen LogP contribution is -2.36. The van der Waals surface area contributed by atoms with E-state index in [-0.39, 0.29) is 22.4 Å². The van der Waals surface area contributed by atoms with Crippen LogP contribution in [0.2, 0.25) is 0 Å². The number of hydrogen-bond donors (Lipinski definition) is 5. The number of rotatable bonds is 7. The van der Waals surface area contributed by atoms with Gasteiger partial charge in [-0.05, 0) is 111 Å². The number of halogens is 5. The molecule has 11 nitrogen and oxygen atoms in total. The second-order valence-electron chi connectivity index (χ2n) is 12.9. The number of carbonyl (C=O) groups excluding carboxylic acids is 1. The fourth-order valence-corrected chi connectivity index (χ4v) is 7.61. The largest absolute Gasteiger partial charge is 0.478 e. The minimum atomic E-state index is -4.03. The predicted molar refractivity (Wildman–Crippen MR) is 206 cm³/mol. The van der Waals surface area contributed by atoms with Gasteiger partial charge in [-0.25, -0.2) is 43.9 Å². The lowest BCUT2D eigenvalue weighted by molar-refractivity contribution is 0.0691. The zero-order chi connectivity index (χ0) is 41.5. The van der Waals surface area contributed by atoms with Gasteiger partial charge in [0, 0.05) is 34.1 Å². The number of hydrogen-bond acceptors (Lipinski definition) is 8. The van der Waals surface area contributed by atoms with E-state index in [0.717, 1.165) is 74.6 Å². The van der Waals surface area contributed by atoms with Gasteiger partial charge >= 0.3 is 5.97 Å². The average Bonchev–Trinajstić information content (AvgIpc) is 3.15. The Bertz CT molecular complexity index is 2110. The smallest absolute Gasteiger partial charge is 0.338 e. The predicted octanol–water partition coefficient (Wildman–Crippen LogP) is 7.97. The normalized spacial score (nSPS) is 14.8.